The van der Waals surface area contributed by atoms with E-state index in [1.165, 1.54) is 16.0 Å². The van der Waals surface area contributed by atoms with Crippen molar-refractivity contribution in [2.45, 2.75) is 37.7 Å². The SMILES string of the molecule is C=CCn1c(SCc2ccccc2C)nnc1-c1csc(CC)c1. The fourth-order valence-electron chi connectivity index (χ4n) is 2.50. The number of hydrogen-bond acceptors (Lipinski definition) is 4. The van der Waals surface area contributed by atoms with Crippen LogP contribution >= 0.6 is 23.1 Å². The number of allylic oxidation sites excluding steroid dienone is 1. The summed E-state index contributed by atoms with van der Waals surface area (Å²) in [6.45, 7) is 8.92. The van der Waals surface area contributed by atoms with Crippen LogP contribution in [0.5, 0.6) is 0 Å². The fraction of sp³-hybridized carbons (Fsp3) is 0.263. The van der Waals surface area contributed by atoms with E-state index < -0.39 is 0 Å². The molecule has 0 N–H and O–H groups in total. The Kier molecular flexibility index (Phi) is 5.53. The zero-order chi connectivity index (χ0) is 16.9. The Morgan fingerprint density at radius 3 is 2.83 bits per heavy atom. The molecule has 0 unspecified atom stereocenters. The van der Waals surface area contributed by atoms with Gasteiger partial charge in [0, 0.05) is 28.1 Å². The maximum atomic E-state index is 4.44. The van der Waals surface area contributed by atoms with Crippen LogP contribution in [0.4, 0.5) is 0 Å². The normalized spacial score (nSPS) is 10.9. The fourth-order valence-corrected chi connectivity index (χ4v) is 4.34. The smallest absolute Gasteiger partial charge is 0.192 e. The minimum Gasteiger partial charge on any atom is -0.298 e. The number of hydrogen-bond donors (Lipinski definition) is 0. The average Bonchev–Trinajstić information content (AvgIpc) is 3.21. The minimum absolute atomic E-state index is 0.718. The maximum Gasteiger partial charge on any atom is 0.192 e. The number of aromatic nitrogens is 3. The highest BCUT2D eigenvalue weighted by Crippen LogP contribution is 2.29. The van der Waals surface area contributed by atoms with Gasteiger partial charge in [0.2, 0.25) is 0 Å². The van der Waals surface area contributed by atoms with Crippen molar-refractivity contribution < 1.29 is 0 Å². The van der Waals surface area contributed by atoms with E-state index in [0.717, 1.165) is 35.3 Å². The molecule has 0 saturated heterocycles. The van der Waals surface area contributed by atoms with E-state index in [0.29, 0.717) is 0 Å². The number of nitrogens with zero attached hydrogens (tertiary/aromatic N) is 3. The molecule has 0 amide bonds. The second kappa shape index (κ2) is 7.81. The largest absolute Gasteiger partial charge is 0.298 e. The molecule has 0 atom stereocenters. The summed E-state index contributed by atoms with van der Waals surface area (Å²) in [5.74, 6) is 1.82. The molecule has 0 saturated carbocycles. The molecule has 0 bridgehead atoms. The van der Waals surface area contributed by atoms with Crippen molar-refractivity contribution in [3.8, 4) is 11.4 Å². The van der Waals surface area contributed by atoms with Crippen LogP contribution in [0, 0.1) is 6.92 Å². The summed E-state index contributed by atoms with van der Waals surface area (Å²) >= 11 is 3.51. The summed E-state index contributed by atoms with van der Waals surface area (Å²) in [6.07, 6.45) is 2.95. The number of aryl methyl sites for hydroxylation is 2. The molecular weight excluding hydrogens is 334 g/mol. The van der Waals surface area contributed by atoms with Gasteiger partial charge in [-0.15, -0.1) is 28.1 Å². The van der Waals surface area contributed by atoms with Crippen molar-refractivity contribution in [1.29, 1.82) is 0 Å². The predicted octanol–water partition coefficient (Wildman–Crippen LogP) is 5.36. The maximum absolute atomic E-state index is 4.44. The third kappa shape index (κ3) is 3.62. The molecular formula is C19H21N3S2. The molecule has 3 rings (SSSR count). The van der Waals surface area contributed by atoms with Gasteiger partial charge in [0.15, 0.2) is 11.0 Å². The molecule has 2 aromatic heterocycles. The van der Waals surface area contributed by atoms with Crippen molar-refractivity contribution in [2.24, 2.45) is 0 Å². The second-order valence-corrected chi connectivity index (χ2v) is 7.51. The second-order valence-electron chi connectivity index (χ2n) is 5.58. The first-order valence-corrected chi connectivity index (χ1v) is 9.88. The molecule has 3 nitrogen and oxygen atoms in total. The van der Waals surface area contributed by atoms with Crippen LogP contribution in [0.3, 0.4) is 0 Å². The van der Waals surface area contributed by atoms with Crippen molar-refractivity contribution in [3.63, 3.8) is 0 Å². The Balaban J connectivity index is 1.85. The lowest BCUT2D eigenvalue weighted by molar-refractivity contribution is 0.731. The van der Waals surface area contributed by atoms with Gasteiger partial charge in [0.25, 0.3) is 0 Å². The van der Waals surface area contributed by atoms with Crippen molar-refractivity contribution in [1.82, 2.24) is 14.8 Å². The van der Waals surface area contributed by atoms with E-state index >= 15 is 0 Å². The lowest BCUT2D eigenvalue weighted by Gasteiger charge is -2.08. The van der Waals surface area contributed by atoms with Gasteiger partial charge in [0.1, 0.15) is 0 Å². The Hall–Kier alpha value is -1.85. The molecule has 3 aromatic rings. The zero-order valence-electron chi connectivity index (χ0n) is 14.0. The monoisotopic (exact) mass is 355 g/mol. The van der Waals surface area contributed by atoms with Gasteiger partial charge in [-0.05, 0) is 30.5 Å². The summed E-state index contributed by atoms with van der Waals surface area (Å²) in [7, 11) is 0. The van der Waals surface area contributed by atoms with Gasteiger partial charge in [-0.3, -0.25) is 4.57 Å². The van der Waals surface area contributed by atoms with Crippen LogP contribution in [-0.4, -0.2) is 14.8 Å². The predicted molar refractivity (Wildman–Crippen MR) is 104 cm³/mol. The molecule has 0 spiro atoms. The first-order valence-electron chi connectivity index (χ1n) is 8.02. The number of rotatable bonds is 7. The van der Waals surface area contributed by atoms with E-state index in [1.54, 1.807) is 23.1 Å². The molecule has 0 radical (unpaired) electrons. The van der Waals surface area contributed by atoms with Crippen molar-refractivity contribution in [2.75, 3.05) is 0 Å². The number of thioether (sulfide) groups is 1. The van der Waals surface area contributed by atoms with E-state index in [-0.39, 0.29) is 0 Å². The van der Waals surface area contributed by atoms with Crippen LogP contribution < -0.4 is 0 Å². The third-order valence-electron chi connectivity index (χ3n) is 3.91. The van der Waals surface area contributed by atoms with Crippen LogP contribution in [0.25, 0.3) is 11.4 Å². The van der Waals surface area contributed by atoms with Crippen LogP contribution in [0.1, 0.15) is 22.9 Å². The molecule has 1 aromatic carbocycles. The molecule has 0 fully saturated rings. The van der Waals surface area contributed by atoms with E-state index in [9.17, 15) is 0 Å². The quantitative estimate of drug-likeness (QED) is 0.422. The van der Waals surface area contributed by atoms with E-state index in [4.69, 9.17) is 0 Å². The zero-order valence-corrected chi connectivity index (χ0v) is 15.7. The highest BCUT2D eigenvalue weighted by atomic mass is 32.2. The standard InChI is InChI=1S/C19H21N3S2/c1-4-10-22-18(16-11-17(5-2)23-13-16)20-21-19(22)24-12-15-9-7-6-8-14(15)3/h4,6-9,11,13H,1,5,10,12H2,2-3H3. The molecule has 2 heterocycles. The summed E-state index contributed by atoms with van der Waals surface area (Å²) in [5.41, 5.74) is 3.79. The van der Waals surface area contributed by atoms with Crippen molar-refractivity contribution in [3.05, 3.63) is 64.4 Å². The summed E-state index contributed by atoms with van der Waals surface area (Å²) in [5, 5.41) is 12.0. The van der Waals surface area contributed by atoms with Gasteiger partial charge in [-0.2, -0.15) is 0 Å². The Bertz CT molecular complexity index is 833. The highest BCUT2D eigenvalue weighted by molar-refractivity contribution is 7.98. The Morgan fingerprint density at radius 2 is 2.12 bits per heavy atom. The lowest BCUT2D eigenvalue weighted by Crippen LogP contribution is -2.00. The highest BCUT2D eigenvalue weighted by Gasteiger charge is 2.15. The number of benzene rings is 1. The molecule has 0 aliphatic rings. The molecule has 5 heteroatoms. The van der Waals surface area contributed by atoms with Crippen LogP contribution in [0.2, 0.25) is 0 Å². The lowest BCUT2D eigenvalue weighted by atomic mass is 10.1. The molecule has 0 aliphatic heterocycles. The summed E-state index contributed by atoms with van der Waals surface area (Å²) in [4.78, 5) is 1.37. The third-order valence-corrected chi connectivity index (χ3v) is 6.00. The van der Waals surface area contributed by atoms with Gasteiger partial charge in [-0.25, -0.2) is 0 Å². The van der Waals surface area contributed by atoms with Gasteiger partial charge >= 0.3 is 0 Å². The summed E-state index contributed by atoms with van der Waals surface area (Å²) < 4.78 is 2.15. The van der Waals surface area contributed by atoms with Crippen LogP contribution in [0.15, 0.2) is 53.5 Å². The molecule has 0 aliphatic carbocycles. The Morgan fingerprint density at radius 1 is 1.29 bits per heavy atom. The first kappa shape index (κ1) is 17.0. The topological polar surface area (TPSA) is 30.7 Å². The van der Waals surface area contributed by atoms with Gasteiger partial charge in [0.05, 0.1) is 0 Å². The van der Waals surface area contributed by atoms with Crippen molar-refractivity contribution >= 4 is 23.1 Å². The number of thiophene rings is 1. The molecule has 124 valence electrons. The molecule has 24 heavy (non-hydrogen) atoms. The van der Waals surface area contributed by atoms with E-state index in [2.05, 4.69) is 70.9 Å². The minimum atomic E-state index is 0.718. The summed E-state index contributed by atoms with van der Waals surface area (Å²) in [6, 6.07) is 10.7. The van der Waals surface area contributed by atoms with Gasteiger partial charge in [-0.1, -0.05) is 49.0 Å². The first-order chi connectivity index (χ1) is 11.7. The van der Waals surface area contributed by atoms with Crippen LogP contribution in [-0.2, 0) is 18.7 Å². The average molecular weight is 356 g/mol. The van der Waals surface area contributed by atoms with E-state index in [1.807, 2.05) is 6.08 Å². The van der Waals surface area contributed by atoms with Gasteiger partial charge < -0.3 is 0 Å². The Labute approximate surface area is 151 Å².